The Morgan fingerprint density at radius 2 is 1.44 bits per heavy atom. The lowest BCUT2D eigenvalue weighted by Gasteiger charge is -2.29. The minimum absolute atomic E-state index is 0.0216. The molecular weight excluding hydrogens is 576 g/mol. The molecule has 0 aromatic rings. The van der Waals surface area contributed by atoms with E-state index in [-0.39, 0.29) is 58.1 Å². The Labute approximate surface area is 248 Å². The van der Waals surface area contributed by atoms with Crippen molar-refractivity contribution in [3.8, 4) is 0 Å². The largest absolute Gasteiger partial charge is 0.394 e. The fraction of sp³-hybridized carbons (Fsp3) is 0.750. The van der Waals surface area contributed by atoms with Gasteiger partial charge in [-0.15, -0.1) is 0 Å². The van der Waals surface area contributed by atoms with Gasteiger partial charge in [-0.25, -0.2) is 15.2 Å². The van der Waals surface area contributed by atoms with Gasteiger partial charge in [-0.3, -0.25) is 44.4 Å². The Kier molecular flexibility index (Phi) is 17.2. The third kappa shape index (κ3) is 12.4. The summed E-state index contributed by atoms with van der Waals surface area (Å²) in [5.74, 6) is -3.86. The highest BCUT2D eigenvalue weighted by Gasteiger charge is 2.32. The molecule has 19 heteroatoms. The first-order valence-electron chi connectivity index (χ1n) is 13.8. The summed E-state index contributed by atoms with van der Waals surface area (Å²) in [6.07, 6.45) is 1.53. The summed E-state index contributed by atoms with van der Waals surface area (Å²) in [4.78, 5) is 72.8. The third-order valence-corrected chi connectivity index (χ3v) is 6.79. The normalized spacial score (nSPS) is 17.7. The molecule has 1 saturated heterocycles. The molecule has 0 saturated carbocycles. The molecule has 1 aliphatic rings. The van der Waals surface area contributed by atoms with Crippen molar-refractivity contribution in [3.05, 3.63) is 0 Å². The second kappa shape index (κ2) is 19.7. The summed E-state index contributed by atoms with van der Waals surface area (Å²) in [6, 6.07) is -5.58. The van der Waals surface area contributed by atoms with E-state index in [1.54, 1.807) is 0 Å². The molecule has 0 bridgehead atoms. The summed E-state index contributed by atoms with van der Waals surface area (Å²) in [5, 5.41) is 61.9. The van der Waals surface area contributed by atoms with Crippen molar-refractivity contribution in [1.29, 1.82) is 0 Å². The van der Waals surface area contributed by atoms with Crippen LogP contribution in [0.15, 0.2) is 0 Å². The average Bonchev–Trinajstić information content (AvgIpc) is 3.00. The zero-order chi connectivity index (χ0) is 32.5. The number of hydrogen-bond acceptors (Lipinski definition) is 13. The maximum atomic E-state index is 12.7. The quantitative estimate of drug-likeness (QED) is 0.0348. The van der Waals surface area contributed by atoms with Crippen LogP contribution in [0.2, 0.25) is 0 Å². The summed E-state index contributed by atoms with van der Waals surface area (Å²) in [7, 11) is 2.95. The van der Waals surface area contributed by atoms with E-state index in [2.05, 4.69) is 26.6 Å². The molecule has 19 nitrogen and oxygen atoms in total. The lowest BCUT2D eigenvalue weighted by atomic mass is 10.1. The fourth-order valence-corrected chi connectivity index (χ4v) is 4.25. The SMILES string of the molecule is CN[C@@H](CCCN(O)C(=O)[C@H](CO)NC(=O)[C@H](CCCN(O)C=O)NC)C(=O)N[C@@H](CO)C(=O)N[C@@H]1CCCN(O)C1=O. The van der Waals surface area contributed by atoms with E-state index in [4.69, 9.17) is 5.21 Å². The molecule has 246 valence electrons. The standard InChI is InChI=1S/C24H44N8O11/c1-25-15(6-3-9-30(41)14-35)21(37)29-19(13-34)24(40)32(43)10-4-7-16(26-2)20(36)28-18(12-33)22(38)27-17-8-5-11-31(42)23(17)39/h14-19,25-26,33-34,41-43H,3-13H2,1-2H3,(H,27,38)(H,28,36)(H,29,37)/t15-,16-,17+,18-,19-/m0/s1. The number of hydroxylamine groups is 6. The first-order valence-corrected chi connectivity index (χ1v) is 13.8. The molecule has 1 fully saturated rings. The fourth-order valence-electron chi connectivity index (χ4n) is 4.25. The molecule has 10 N–H and O–H groups in total. The zero-order valence-electron chi connectivity index (χ0n) is 24.3. The summed E-state index contributed by atoms with van der Waals surface area (Å²) in [5.41, 5.74) is 0. The highest BCUT2D eigenvalue weighted by Crippen LogP contribution is 2.10. The first-order chi connectivity index (χ1) is 20.4. The van der Waals surface area contributed by atoms with E-state index in [0.717, 1.165) is 0 Å². The molecule has 6 amide bonds. The first kappa shape index (κ1) is 37.6. The lowest BCUT2D eigenvalue weighted by molar-refractivity contribution is -0.173. The van der Waals surface area contributed by atoms with Crippen LogP contribution in [0, 0.1) is 0 Å². The summed E-state index contributed by atoms with van der Waals surface area (Å²) in [6.45, 7) is -1.75. The van der Waals surface area contributed by atoms with Gasteiger partial charge in [0.05, 0.1) is 25.3 Å². The monoisotopic (exact) mass is 620 g/mol. The van der Waals surface area contributed by atoms with Crippen molar-refractivity contribution < 1.29 is 54.6 Å². The molecule has 0 aliphatic carbocycles. The molecule has 43 heavy (non-hydrogen) atoms. The third-order valence-electron chi connectivity index (χ3n) is 6.79. The predicted octanol–water partition coefficient (Wildman–Crippen LogP) is -4.76. The number of likely N-dealkylation sites (N-methyl/N-ethyl adjacent to an activating group) is 2. The van der Waals surface area contributed by atoms with E-state index in [1.165, 1.54) is 14.1 Å². The van der Waals surface area contributed by atoms with Gasteiger partial charge < -0.3 is 36.8 Å². The zero-order valence-corrected chi connectivity index (χ0v) is 24.3. The van der Waals surface area contributed by atoms with E-state index in [1.807, 2.05) is 0 Å². The number of carbonyl (C=O) groups is 6. The van der Waals surface area contributed by atoms with Crippen LogP contribution in [-0.4, -0.2) is 154 Å². The molecule has 0 radical (unpaired) electrons. The Hall–Kier alpha value is -3.46. The van der Waals surface area contributed by atoms with Crippen molar-refractivity contribution in [1.82, 2.24) is 41.8 Å². The predicted molar refractivity (Wildman–Crippen MR) is 145 cm³/mol. The second-order valence-corrected chi connectivity index (χ2v) is 9.85. The topological polar surface area (TPSA) is 273 Å². The number of piperidine rings is 1. The Morgan fingerprint density at radius 1 is 0.907 bits per heavy atom. The molecule has 0 aromatic heterocycles. The van der Waals surface area contributed by atoms with Gasteiger partial charge >= 0.3 is 0 Å². The highest BCUT2D eigenvalue weighted by atomic mass is 16.5. The molecule has 1 aliphatic heterocycles. The maximum absolute atomic E-state index is 12.7. The minimum atomic E-state index is -1.47. The van der Waals surface area contributed by atoms with Gasteiger partial charge in [0, 0.05) is 19.6 Å². The lowest BCUT2D eigenvalue weighted by Crippen LogP contribution is -2.58. The van der Waals surface area contributed by atoms with Gasteiger partial charge in [0.1, 0.15) is 18.1 Å². The maximum Gasteiger partial charge on any atom is 0.270 e. The summed E-state index contributed by atoms with van der Waals surface area (Å²) >= 11 is 0. The van der Waals surface area contributed by atoms with E-state index in [9.17, 15) is 49.4 Å². The van der Waals surface area contributed by atoms with Gasteiger partial charge in [-0.2, -0.15) is 0 Å². The molecule has 1 heterocycles. The number of nitrogens with zero attached hydrogens (tertiary/aromatic N) is 3. The van der Waals surface area contributed by atoms with Crippen molar-refractivity contribution in [3.63, 3.8) is 0 Å². The van der Waals surface area contributed by atoms with Gasteiger partial charge in [0.15, 0.2) is 0 Å². The highest BCUT2D eigenvalue weighted by molar-refractivity contribution is 5.93. The molecular formula is C24H44N8O11. The van der Waals surface area contributed by atoms with Crippen LogP contribution in [-0.2, 0) is 28.8 Å². The van der Waals surface area contributed by atoms with Gasteiger partial charge in [0.25, 0.3) is 11.8 Å². The van der Waals surface area contributed by atoms with Crippen molar-refractivity contribution in [2.45, 2.75) is 68.7 Å². The molecule has 5 atom stereocenters. The number of hydrogen-bond donors (Lipinski definition) is 10. The van der Waals surface area contributed by atoms with Crippen LogP contribution >= 0.6 is 0 Å². The molecule has 0 aromatic carbocycles. The molecule has 0 spiro atoms. The second-order valence-electron chi connectivity index (χ2n) is 9.85. The van der Waals surface area contributed by atoms with Gasteiger partial charge in [-0.1, -0.05) is 0 Å². The van der Waals surface area contributed by atoms with Gasteiger partial charge in [0.2, 0.25) is 24.1 Å². The van der Waals surface area contributed by atoms with E-state index < -0.39 is 73.0 Å². The molecule has 0 unspecified atom stereocenters. The smallest absolute Gasteiger partial charge is 0.270 e. The number of aliphatic hydroxyl groups excluding tert-OH is 2. The summed E-state index contributed by atoms with van der Waals surface area (Å²) < 4.78 is 0. The van der Waals surface area contributed by atoms with E-state index >= 15 is 0 Å². The number of aliphatic hydroxyl groups is 2. The molecule has 1 rings (SSSR count). The number of amides is 6. The van der Waals surface area contributed by atoms with Crippen LogP contribution in [0.25, 0.3) is 0 Å². The Morgan fingerprint density at radius 3 is 1.95 bits per heavy atom. The van der Waals surface area contributed by atoms with Crippen LogP contribution in [0.3, 0.4) is 0 Å². The van der Waals surface area contributed by atoms with Crippen molar-refractivity contribution >= 4 is 35.9 Å². The van der Waals surface area contributed by atoms with Crippen molar-refractivity contribution in [2.75, 3.05) is 46.9 Å². The van der Waals surface area contributed by atoms with E-state index in [0.29, 0.717) is 21.6 Å². The van der Waals surface area contributed by atoms with Gasteiger partial charge in [-0.05, 0) is 52.6 Å². The Balaban J connectivity index is 2.59. The van der Waals surface area contributed by atoms with Crippen LogP contribution < -0.4 is 26.6 Å². The minimum Gasteiger partial charge on any atom is -0.394 e. The van der Waals surface area contributed by atoms with Crippen molar-refractivity contribution in [2.24, 2.45) is 0 Å². The van der Waals surface area contributed by atoms with Crippen LogP contribution in [0.4, 0.5) is 0 Å². The Bertz CT molecular complexity index is 943. The number of rotatable bonds is 20. The number of nitrogens with one attached hydrogen (secondary N) is 5. The number of carbonyl (C=O) groups excluding carboxylic acids is 6. The van der Waals surface area contributed by atoms with Crippen LogP contribution in [0.1, 0.15) is 38.5 Å². The van der Waals surface area contributed by atoms with Crippen LogP contribution in [0.5, 0.6) is 0 Å². The average molecular weight is 621 g/mol.